The number of phenols is 4. The quantitative estimate of drug-likeness (QED) is 0.320. The molecule has 0 aliphatic heterocycles. The van der Waals surface area contributed by atoms with Crippen molar-refractivity contribution in [2.75, 3.05) is 0 Å². The molecule has 0 aromatic heterocycles. The lowest BCUT2D eigenvalue weighted by Gasteiger charge is -2.15. The number of rotatable bonds is 4. The van der Waals surface area contributed by atoms with Gasteiger partial charge in [0.15, 0.2) is 0 Å². The Morgan fingerprint density at radius 3 is 1.40 bits per heavy atom. The second-order valence-corrected chi connectivity index (χ2v) is 7.90. The molecule has 0 aliphatic rings. The average Bonchev–Trinajstić information content (AvgIpc) is 2.71. The van der Waals surface area contributed by atoms with Gasteiger partial charge in [0.25, 0.3) is 0 Å². The van der Waals surface area contributed by atoms with Crippen molar-refractivity contribution in [1.29, 1.82) is 0 Å². The summed E-state index contributed by atoms with van der Waals surface area (Å²) in [6.07, 6.45) is 1.31. The number of hydrogen-bond donors (Lipinski definition) is 4. The topological polar surface area (TPSA) is 80.9 Å². The van der Waals surface area contributed by atoms with Crippen LogP contribution in [0.25, 0.3) is 21.5 Å². The standard InChI is InChI=1S/C26H24O4/c1-15(2)18(11-16-3-9-25(29)21-7-5-19(27)13-23(16)21)12-17-4-10-26(30)22-8-6-20(28)14-24(17)22/h3-10,13-14,27-30H,11-12H2,1-2H3. The summed E-state index contributed by atoms with van der Waals surface area (Å²) in [7, 11) is 0. The van der Waals surface area contributed by atoms with Crippen molar-refractivity contribution in [2.45, 2.75) is 26.7 Å². The second-order valence-electron chi connectivity index (χ2n) is 7.90. The zero-order valence-corrected chi connectivity index (χ0v) is 17.0. The minimum Gasteiger partial charge on any atom is -0.508 e. The number of fused-ring (bicyclic) bond motifs is 2. The third kappa shape index (κ3) is 3.64. The average molecular weight is 400 g/mol. The van der Waals surface area contributed by atoms with E-state index in [1.807, 2.05) is 12.1 Å². The van der Waals surface area contributed by atoms with Crippen LogP contribution in [0.3, 0.4) is 0 Å². The normalized spacial score (nSPS) is 11.1. The number of phenolic OH excluding ortho intramolecular Hbond substituents is 4. The SMILES string of the molecule is CC(C)=C(Cc1ccc(O)c2ccc(O)cc12)Cc1ccc(O)c2ccc(O)cc12. The van der Waals surface area contributed by atoms with Crippen LogP contribution in [0.2, 0.25) is 0 Å². The third-order valence-electron chi connectivity index (χ3n) is 5.65. The lowest BCUT2D eigenvalue weighted by molar-refractivity contribution is 0.474. The van der Waals surface area contributed by atoms with Gasteiger partial charge in [-0.2, -0.15) is 0 Å². The van der Waals surface area contributed by atoms with Crippen LogP contribution in [0.5, 0.6) is 23.0 Å². The fourth-order valence-electron chi connectivity index (χ4n) is 3.94. The van der Waals surface area contributed by atoms with Crippen LogP contribution in [0.4, 0.5) is 0 Å². The van der Waals surface area contributed by atoms with Gasteiger partial charge in [0.2, 0.25) is 0 Å². The third-order valence-corrected chi connectivity index (χ3v) is 5.65. The Morgan fingerprint density at radius 2 is 1.00 bits per heavy atom. The van der Waals surface area contributed by atoms with E-state index in [0.717, 1.165) is 21.9 Å². The molecule has 4 aromatic carbocycles. The van der Waals surface area contributed by atoms with Crippen LogP contribution in [-0.2, 0) is 12.8 Å². The Hall–Kier alpha value is -3.66. The summed E-state index contributed by atoms with van der Waals surface area (Å²) in [4.78, 5) is 0. The maximum absolute atomic E-state index is 10.2. The molecule has 4 heteroatoms. The largest absolute Gasteiger partial charge is 0.508 e. The zero-order valence-electron chi connectivity index (χ0n) is 17.0. The van der Waals surface area contributed by atoms with Gasteiger partial charge in [-0.1, -0.05) is 23.3 Å². The van der Waals surface area contributed by atoms with Gasteiger partial charge >= 0.3 is 0 Å². The molecule has 4 aromatic rings. The first-order valence-corrected chi connectivity index (χ1v) is 9.86. The van der Waals surface area contributed by atoms with Crippen LogP contribution in [0.15, 0.2) is 71.8 Å². The van der Waals surface area contributed by atoms with Crippen LogP contribution in [0, 0.1) is 0 Å². The molecule has 4 N–H and O–H groups in total. The van der Waals surface area contributed by atoms with Crippen LogP contribution in [-0.4, -0.2) is 20.4 Å². The minimum absolute atomic E-state index is 0.160. The molecule has 0 aliphatic carbocycles. The Kier molecular flexibility index (Phi) is 5.00. The van der Waals surface area contributed by atoms with Crippen molar-refractivity contribution in [3.8, 4) is 23.0 Å². The van der Waals surface area contributed by atoms with Crippen molar-refractivity contribution < 1.29 is 20.4 Å². The molecule has 4 nitrogen and oxygen atoms in total. The minimum atomic E-state index is 0.160. The molecule has 0 spiro atoms. The van der Waals surface area contributed by atoms with Gasteiger partial charge in [-0.15, -0.1) is 0 Å². The summed E-state index contributed by atoms with van der Waals surface area (Å²) in [5, 5.41) is 43.4. The maximum atomic E-state index is 10.2. The number of allylic oxidation sites excluding steroid dienone is 2. The van der Waals surface area contributed by atoms with Crippen LogP contribution < -0.4 is 0 Å². The van der Waals surface area contributed by atoms with E-state index in [2.05, 4.69) is 13.8 Å². The van der Waals surface area contributed by atoms with Gasteiger partial charge in [-0.05, 0) is 97.1 Å². The first-order valence-electron chi connectivity index (χ1n) is 9.86. The summed E-state index contributed by atoms with van der Waals surface area (Å²) in [6, 6.07) is 17.1. The molecule has 152 valence electrons. The first kappa shape index (κ1) is 19.6. The van der Waals surface area contributed by atoms with Gasteiger partial charge in [-0.3, -0.25) is 0 Å². The molecule has 0 bridgehead atoms. The number of aromatic hydroxyl groups is 4. The first-order chi connectivity index (χ1) is 14.3. The van der Waals surface area contributed by atoms with E-state index in [0.29, 0.717) is 23.6 Å². The highest BCUT2D eigenvalue weighted by atomic mass is 16.3. The van der Waals surface area contributed by atoms with Gasteiger partial charge in [0.1, 0.15) is 23.0 Å². The van der Waals surface area contributed by atoms with Crippen molar-refractivity contribution in [1.82, 2.24) is 0 Å². The van der Waals surface area contributed by atoms with Crippen molar-refractivity contribution >= 4 is 21.5 Å². The summed E-state index contributed by atoms with van der Waals surface area (Å²) in [5.74, 6) is 0.696. The summed E-state index contributed by atoms with van der Waals surface area (Å²) < 4.78 is 0. The molecule has 0 saturated heterocycles. The van der Waals surface area contributed by atoms with Gasteiger partial charge < -0.3 is 20.4 Å². The predicted molar refractivity (Wildman–Crippen MR) is 120 cm³/mol. The van der Waals surface area contributed by atoms with E-state index in [1.165, 1.54) is 11.1 Å². The lowest BCUT2D eigenvalue weighted by atomic mass is 9.90. The molecule has 4 rings (SSSR count). The molecule has 0 saturated carbocycles. The Balaban J connectivity index is 1.77. The summed E-state index contributed by atoms with van der Waals surface area (Å²) >= 11 is 0. The molecular formula is C26H24O4. The molecule has 0 radical (unpaired) electrons. The monoisotopic (exact) mass is 400 g/mol. The predicted octanol–water partition coefficient (Wildman–Crippen LogP) is 5.94. The van der Waals surface area contributed by atoms with Gasteiger partial charge in [0.05, 0.1) is 0 Å². The molecule has 0 fully saturated rings. The Bertz CT molecular complexity index is 1200. The molecule has 0 amide bonds. The van der Waals surface area contributed by atoms with E-state index >= 15 is 0 Å². The molecule has 0 heterocycles. The smallest absolute Gasteiger partial charge is 0.123 e. The van der Waals surface area contributed by atoms with E-state index < -0.39 is 0 Å². The highest BCUT2D eigenvalue weighted by Crippen LogP contribution is 2.35. The fourth-order valence-corrected chi connectivity index (χ4v) is 3.94. The van der Waals surface area contributed by atoms with E-state index in [9.17, 15) is 20.4 Å². The highest BCUT2D eigenvalue weighted by molar-refractivity contribution is 5.93. The lowest BCUT2D eigenvalue weighted by Crippen LogP contribution is -2.00. The van der Waals surface area contributed by atoms with Crippen molar-refractivity contribution in [2.24, 2.45) is 0 Å². The second kappa shape index (κ2) is 7.64. The van der Waals surface area contributed by atoms with Crippen LogP contribution >= 0.6 is 0 Å². The molecular weight excluding hydrogens is 376 g/mol. The summed E-state index contributed by atoms with van der Waals surface area (Å²) in [6.45, 7) is 4.13. The van der Waals surface area contributed by atoms with Crippen LogP contribution in [0.1, 0.15) is 25.0 Å². The van der Waals surface area contributed by atoms with Crippen molar-refractivity contribution in [3.05, 3.63) is 82.9 Å². The zero-order chi connectivity index (χ0) is 21.4. The fraction of sp³-hybridized carbons (Fsp3) is 0.154. The number of hydrogen-bond acceptors (Lipinski definition) is 4. The van der Waals surface area contributed by atoms with Crippen molar-refractivity contribution in [3.63, 3.8) is 0 Å². The number of benzene rings is 4. The maximum Gasteiger partial charge on any atom is 0.123 e. The van der Waals surface area contributed by atoms with E-state index in [4.69, 9.17) is 0 Å². The summed E-state index contributed by atoms with van der Waals surface area (Å²) in [5.41, 5.74) is 4.40. The van der Waals surface area contributed by atoms with E-state index in [1.54, 1.807) is 48.5 Å². The molecule has 0 unspecified atom stereocenters. The highest BCUT2D eigenvalue weighted by Gasteiger charge is 2.13. The Labute approximate surface area is 175 Å². The van der Waals surface area contributed by atoms with E-state index in [-0.39, 0.29) is 23.0 Å². The van der Waals surface area contributed by atoms with Gasteiger partial charge in [-0.25, -0.2) is 0 Å². The Morgan fingerprint density at radius 1 is 0.567 bits per heavy atom. The molecule has 30 heavy (non-hydrogen) atoms. The van der Waals surface area contributed by atoms with Gasteiger partial charge in [0, 0.05) is 10.8 Å². The molecule has 0 atom stereocenters.